The molecule has 1 atom stereocenters. The van der Waals surface area contributed by atoms with Crippen LogP contribution in [0.5, 0.6) is 0 Å². The molecule has 0 radical (unpaired) electrons. The minimum absolute atomic E-state index is 0.0441. The molecule has 0 spiro atoms. The van der Waals surface area contributed by atoms with Gasteiger partial charge in [-0.15, -0.1) is 0 Å². The number of benzene rings is 2. The summed E-state index contributed by atoms with van der Waals surface area (Å²) in [4.78, 5) is 22.7. The van der Waals surface area contributed by atoms with Crippen LogP contribution in [0.25, 0.3) is 0 Å². The van der Waals surface area contributed by atoms with E-state index < -0.39 is 10.7 Å². The number of rotatable bonds is 4. The van der Waals surface area contributed by atoms with Crippen molar-refractivity contribution < 1.29 is 9.59 Å². The Hall–Kier alpha value is -1.94. The van der Waals surface area contributed by atoms with Crippen LogP contribution in [0.15, 0.2) is 54.6 Å². The Morgan fingerprint density at radius 3 is 1.95 bits per heavy atom. The van der Waals surface area contributed by atoms with Crippen LogP contribution in [0, 0.1) is 0 Å². The molecule has 1 amide bonds. The van der Waals surface area contributed by atoms with E-state index in [9.17, 15) is 9.59 Å². The summed E-state index contributed by atoms with van der Waals surface area (Å²) in [7, 11) is 0. The van der Waals surface area contributed by atoms with E-state index in [4.69, 9.17) is 5.73 Å². The van der Waals surface area contributed by atoms with Crippen LogP contribution in [-0.2, 0) is 4.79 Å². The Kier molecular flexibility index (Phi) is 4.12. The molecule has 0 saturated heterocycles. The number of amides is 1. The predicted octanol–water partition coefficient (Wildman–Crippen LogP) is 2.84. The Morgan fingerprint density at radius 1 is 0.895 bits per heavy atom. The fourth-order valence-corrected chi connectivity index (χ4v) is 2.03. The Labute approximate surface area is 119 Å². The van der Waals surface area contributed by atoms with Gasteiger partial charge in [0.1, 0.15) is 4.83 Å². The second-order valence-corrected chi connectivity index (χ2v) is 5.00. The number of alkyl halides is 1. The van der Waals surface area contributed by atoms with E-state index in [1.807, 2.05) is 18.2 Å². The lowest BCUT2D eigenvalue weighted by Gasteiger charge is -2.07. The van der Waals surface area contributed by atoms with Crippen molar-refractivity contribution >= 4 is 27.6 Å². The summed E-state index contributed by atoms with van der Waals surface area (Å²) in [6.07, 6.45) is 0. The summed E-state index contributed by atoms with van der Waals surface area (Å²) in [6.45, 7) is 0. The van der Waals surface area contributed by atoms with Gasteiger partial charge in [0.2, 0.25) is 5.91 Å². The molecule has 1 unspecified atom stereocenters. The molecule has 0 heterocycles. The molecule has 2 aromatic rings. The molecular formula is C15H12BrNO2. The van der Waals surface area contributed by atoms with Gasteiger partial charge in [-0.3, -0.25) is 9.59 Å². The fraction of sp³-hybridized carbons (Fsp3) is 0.0667. The summed E-state index contributed by atoms with van der Waals surface area (Å²) in [5, 5.41) is 0. The highest BCUT2D eigenvalue weighted by molar-refractivity contribution is 9.09. The van der Waals surface area contributed by atoms with E-state index in [1.54, 1.807) is 36.4 Å². The maximum atomic E-state index is 12.2. The topological polar surface area (TPSA) is 60.2 Å². The third-order valence-corrected chi connectivity index (χ3v) is 3.73. The molecule has 2 aromatic carbocycles. The lowest BCUT2D eigenvalue weighted by Crippen LogP contribution is -2.16. The first-order valence-electron chi connectivity index (χ1n) is 5.72. The number of nitrogens with two attached hydrogens (primary N) is 1. The molecule has 19 heavy (non-hydrogen) atoms. The molecule has 2 rings (SSSR count). The first kappa shape index (κ1) is 13.5. The average Bonchev–Trinajstić information content (AvgIpc) is 2.46. The first-order chi connectivity index (χ1) is 9.09. The van der Waals surface area contributed by atoms with Crippen molar-refractivity contribution in [3.8, 4) is 0 Å². The van der Waals surface area contributed by atoms with Crippen LogP contribution >= 0.6 is 15.9 Å². The van der Waals surface area contributed by atoms with E-state index >= 15 is 0 Å². The zero-order valence-electron chi connectivity index (χ0n) is 10.0. The second-order valence-electron chi connectivity index (χ2n) is 4.08. The quantitative estimate of drug-likeness (QED) is 0.696. The van der Waals surface area contributed by atoms with Crippen LogP contribution in [0.3, 0.4) is 0 Å². The van der Waals surface area contributed by atoms with E-state index in [1.165, 1.54) is 0 Å². The summed E-state index contributed by atoms with van der Waals surface area (Å²) < 4.78 is 0. The smallest absolute Gasteiger partial charge is 0.235 e. The van der Waals surface area contributed by atoms with E-state index in [2.05, 4.69) is 15.9 Å². The standard InChI is InChI=1S/C15H12BrNO2/c16-13(15(17)19)10-6-8-12(9-7-10)14(18)11-4-2-1-3-5-11/h1-9,13H,(H2,17,19). The molecule has 0 bridgehead atoms. The molecule has 4 heteroatoms. The van der Waals surface area contributed by atoms with Crippen molar-refractivity contribution in [1.29, 1.82) is 0 Å². The van der Waals surface area contributed by atoms with Crippen molar-refractivity contribution in [3.05, 3.63) is 71.3 Å². The summed E-state index contributed by atoms with van der Waals surface area (Å²) >= 11 is 3.20. The highest BCUT2D eigenvalue weighted by atomic mass is 79.9. The number of carbonyl (C=O) groups is 2. The maximum absolute atomic E-state index is 12.2. The van der Waals surface area contributed by atoms with Crippen LogP contribution in [0.4, 0.5) is 0 Å². The number of carbonyl (C=O) groups excluding carboxylic acids is 2. The Bertz CT molecular complexity index is 593. The van der Waals surface area contributed by atoms with Gasteiger partial charge in [0.15, 0.2) is 5.78 Å². The van der Waals surface area contributed by atoms with Crippen LogP contribution in [-0.4, -0.2) is 11.7 Å². The summed E-state index contributed by atoms with van der Waals surface area (Å²) in [6, 6.07) is 15.9. The van der Waals surface area contributed by atoms with Gasteiger partial charge >= 0.3 is 0 Å². The molecule has 0 aromatic heterocycles. The van der Waals surface area contributed by atoms with Gasteiger partial charge in [-0.05, 0) is 5.56 Å². The lowest BCUT2D eigenvalue weighted by molar-refractivity contribution is -0.117. The van der Waals surface area contributed by atoms with Crippen molar-refractivity contribution in [1.82, 2.24) is 0 Å². The van der Waals surface area contributed by atoms with Gasteiger partial charge in [-0.1, -0.05) is 70.5 Å². The number of halogens is 1. The van der Waals surface area contributed by atoms with Gasteiger partial charge in [0.05, 0.1) is 0 Å². The largest absolute Gasteiger partial charge is 0.368 e. The molecule has 96 valence electrons. The summed E-state index contributed by atoms with van der Waals surface area (Å²) in [5.41, 5.74) is 7.16. The first-order valence-corrected chi connectivity index (χ1v) is 6.64. The van der Waals surface area contributed by atoms with Gasteiger partial charge < -0.3 is 5.73 Å². The Balaban J connectivity index is 2.24. The monoisotopic (exact) mass is 317 g/mol. The van der Waals surface area contributed by atoms with Crippen LogP contribution < -0.4 is 5.73 Å². The molecule has 3 nitrogen and oxygen atoms in total. The molecular weight excluding hydrogens is 306 g/mol. The zero-order valence-corrected chi connectivity index (χ0v) is 11.6. The van der Waals surface area contributed by atoms with Crippen molar-refractivity contribution in [2.75, 3.05) is 0 Å². The van der Waals surface area contributed by atoms with Gasteiger partial charge in [-0.2, -0.15) is 0 Å². The van der Waals surface area contributed by atoms with Crippen LogP contribution in [0.1, 0.15) is 26.3 Å². The number of primary amides is 1. The third kappa shape index (κ3) is 3.09. The molecule has 0 saturated carbocycles. The van der Waals surface area contributed by atoms with Crippen molar-refractivity contribution in [2.24, 2.45) is 5.73 Å². The average molecular weight is 318 g/mol. The third-order valence-electron chi connectivity index (χ3n) is 2.75. The normalized spacial score (nSPS) is 11.8. The molecule has 2 N–H and O–H groups in total. The summed E-state index contributed by atoms with van der Waals surface area (Å²) in [5.74, 6) is -0.500. The molecule has 0 aliphatic rings. The number of hydrogen-bond donors (Lipinski definition) is 1. The van der Waals surface area contributed by atoms with E-state index in [0.29, 0.717) is 11.1 Å². The fourth-order valence-electron chi connectivity index (χ4n) is 1.72. The van der Waals surface area contributed by atoms with Crippen LogP contribution in [0.2, 0.25) is 0 Å². The maximum Gasteiger partial charge on any atom is 0.235 e. The highest BCUT2D eigenvalue weighted by Crippen LogP contribution is 2.23. The number of ketones is 1. The van der Waals surface area contributed by atoms with Crippen molar-refractivity contribution in [3.63, 3.8) is 0 Å². The van der Waals surface area contributed by atoms with Gasteiger partial charge in [-0.25, -0.2) is 0 Å². The van der Waals surface area contributed by atoms with E-state index in [-0.39, 0.29) is 5.78 Å². The Morgan fingerprint density at radius 2 is 1.42 bits per heavy atom. The molecule has 0 aliphatic heterocycles. The van der Waals surface area contributed by atoms with Gasteiger partial charge in [0, 0.05) is 11.1 Å². The van der Waals surface area contributed by atoms with Gasteiger partial charge in [0.25, 0.3) is 0 Å². The number of hydrogen-bond acceptors (Lipinski definition) is 2. The predicted molar refractivity (Wildman–Crippen MR) is 77.2 cm³/mol. The zero-order chi connectivity index (χ0) is 13.8. The minimum atomic E-state index is -0.534. The van der Waals surface area contributed by atoms with Crippen molar-refractivity contribution in [2.45, 2.75) is 4.83 Å². The molecule has 0 fully saturated rings. The van der Waals surface area contributed by atoms with E-state index in [0.717, 1.165) is 5.56 Å². The SMILES string of the molecule is NC(=O)C(Br)c1ccc(C(=O)c2ccccc2)cc1. The molecule has 0 aliphatic carbocycles. The second kappa shape index (κ2) is 5.80. The lowest BCUT2D eigenvalue weighted by atomic mass is 10.0. The minimum Gasteiger partial charge on any atom is -0.368 e. The highest BCUT2D eigenvalue weighted by Gasteiger charge is 2.14.